The predicted molar refractivity (Wildman–Crippen MR) is 89.7 cm³/mol. The maximum atomic E-state index is 12.3. The largest absolute Gasteiger partial charge is 0.348 e. The van der Waals surface area contributed by atoms with Crippen LogP contribution in [0.25, 0.3) is 10.1 Å². The van der Waals surface area contributed by atoms with Crippen LogP contribution in [0.2, 0.25) is 10.0 Å². The number of nitrogens with one attached hydrogen (secondary N) is 2. The summed E-state index contributed by atoms with van der Waals surface area (Å²) in [4.78, 5) is 12.8. The Hall–Kier alpha value is -1.07. The Morgan fingerprint density at radius 1 is 1.38 bits per heavy atom. The molecule has 1 amide bonds. The highest BCUT2D eigenvalue weighted by atomic mass is 35.5. The van der Waals surface area contributed by atoms with Crippen molar-refractivity contribution in [3.8, 4) is 0 Å². The minimum absolute atomic E-state index is 0.128. The van der Waals surface area contributed by atoms with E-state index in [1.165, 1.54) is 16.9 Å². The van der Waals surface area contributed by atoms with Crippen molar-refractivity contribution in [3.05, 3.63) is 44.8 Å². The maximum absolute atomic E-state index is 12.3. The number of carbonyl (C=O) groups is 1. The van der Waals surface area contributed by atoms with Crippen molar-refractivity contribution in [2.24, 2.45) is 0 Å². The second kappa shape index (κ2) is 6.36. The monoisotopic (exact) mass is 340 g/mol. The average molecular weight is 341 g/mol. The molecule has 0 saturated carbocycles. The van der Waals surface area contributed by atoms with Gasteiger partial charge in [-0.15, -0.1) is 11.3 Å². The lowest BCUT2D eigenvalue weighted by molar-refractivity contribution is 0.0961. The van der Waals surface area contributed by atoms with Gasteiger partial charge in [-0.1, -0.05) is 40.9 Å². The van der Waals surface area contributed by atoms with Gasteiger partial charge in [-0.2, -0.15) is 0 Å². The zero-order valence-corrected chi connectivity index (χ0v) is 13.5. The first-order chi connectivity index (χ1) is 10.1. The Kier molecular flexibility index (Phi) is 4.50. The van der Waals surface area contributed by atoms with Gasteiger partial charge in [-0.3, -0.25) is 4.79 Å². The molecular formula is C15H14Cl2N2OS. The predicted octanol–water partition coefficient (Wildman–Crippen LogP) is 3.86. The number of benzene rings is 1. The molecule has 2 aromatic rings. The Bertz CT molecular complexity index is 724. The molecule has 0 spiro atoms. The fraction of sp³-hybridized carbons (Fsp3) is 0.267. The highest BCUT2D eigenvalue weighted by Gasteiger charge is 2.17. The van der Waals surface area contributed by atoms with Crippen molar-refractivity contribution in [3.63, 3.8) is 0 Å². The number of halogens is 2. The summed E-state index contributed by atoms with van der Waals surface area (Å²) in [5, 5.41) is 8.21. The molecule has 2 N–H and O–H groups in total. The van der Waals surface area contributed by atoms with E-state index in [-0.39, 0.29) is 5.91 Å². The van der Waals surface area contributed by atoms with E-state index in [4.69, 9.17) is 23.2 Å². The zero-order valence-electron chi connectivity index (χ0n) is 11.2. The van der Waals surface area contributed by atoms with Crippen LogP contribution in [-0.4, -0.2) is 25.5 Å². The molecule has 3 rings (SSSR count). The number of fused-ring (bicyclic) bond motifs is 1. The fourth-order valence-electron chi connectivity index (χ4n) is 2.29. The normalized spacial score (nSPS) is 15.0. The number of hydrogen-bond acceptors (Lipinski definition) is 3. The van der Waals surface area contributed by atoms with Gasteiger partial charge in [-0.05, 0) is 25.1 Å². The van der Waals surface area contributed by atoms with Crippen LogP contribution in [0.5, 0.6) is 0 Å². The summed E-state index contributed by atoms with van der Waals surface area (Å²) >= 11 is 13.7. The lowest BCUT2D eigenvalue weighted by Gasteiger charge is -2.14. The molecule has 0 bridgehead atoms. The van der Waals surface area contributed by atoms with E-state index < -0.39 is 0 Å². The van der Waals surface area contributed by atoms with Crippen LogP contribution in [0.3, 0.4) is 0 Å². The summed E-state index contributed by atoms with van der Waals surface area (Å²) in [5.74, 6) is -0.128. The SMILES string of the molecule is O=C(NCC1=CCNCC1)c1sc2cc(Cl)ccc2c1Cl. The lowest BCUT2D eigenvalue weighted by Crippen LogP contribution is -2.29. The first-order valence-corrected chi connectivity index (χ1v) is 8.27. The molecular weight excluding hydrogens is 327 g/mol. The third-order valence-corrected chi connectivity index (χ3v) is 5.32. The van der Waals surface area contributed by atoms with Crippen molar-refractivity contribution >= 4 is 50.5 Å². The van der Waals surface area contributed by atoms with Gasteiger partial charge in [0.05, 0.1) is 5.02 Å². The molecule has 0 aliphatic carbocycles. The Labute approximate surface area is 136 Å². The van der Waals surface area contributed by atoms with E-state index in [0.29, 0.717) is 21.5 Å². The van der Waals surface area contributed by atoms with Gasteiger partial charge in [0.2, 0.25) is 0 Å². The number of amides is 1. The van der Waals surface area contributed by atoms with Crippen molar-refractivity contribution in [1.82, 2.24) is 10.6 Å². The number of carbonyl (C=O) groups excluding carboxylic acids is 1. The van der Waals surface area contributed by atoms with E-state index >= 15 is 0 Å². The summed E-state index contributed by atoms with van der Waals surface area (Å²) in [6.45, 7) is 2.41. The average Bonchev–Trinajstić information content (AvgIpc) is 2.82. The molecule has 1 aromatic heterocycles. The minimum Gasteiger partial charge on any atom is -0.348 e. The molecule has 0 fully saturated rings. The minimum atomic E-state index is -0.128. The van der Waals surface area contributed by atoms with Gasteiger partial charge < -0.3 is 10.6 Å². The lowest BCUT2D eigenvalue weighted by atomic mass is 10.1. The Morgan fingerprint density at radius 2 is 2.24 bits per heavy atom. The molecule has 110 valence electrons. The van der Waals surface area contributed by atoms with Crippen LogP contribution in [-0.2, 0) is 0 Å². The second-order valence-electron chi connectivity index (χ2n) is 4.88. The molecule has 1 aliphatic heterocycles. The highest BCUT2D eigenvalue weighted by molar-refractivity contribution is 7.21. The van der Waals surface area contributed by atoms with E-state index in [1.54, 1.807) is 6.07 Å². The van der Waals surface area contributed by atoms with Gasteiger partial charge in [0.25, 0.3) is 5.91 Å². The summed E-state index contributed by atoms with van der Waals surface area (Å²) in [5.41, 5.74) is 1.25. The molecule has 21 heavy (non-hydrogen) atoms. The fourth-order valence-corrected chi connectivity index (χ4v) is 4.00. The molecule has 0 unspecified atom stereocenters. The van der Waals surface area contributed by atoms with Crippen molar-refractivity contribution < 1.29 is 4.79 Å². The molecule has 1 aromatic carbocycles. The highest BCUT2D eigenvalue weighted by Crippen LogP contribution is 2.36. The van der Waals surface area contributed by atoms with Crippen molar-refractivity contribution in [1.29, 1.82) is 0 Å². The van der Waals surface area contributed by atoms with Crippen LogP contribution < -0.4 is 10.6 Å². The topological polar surface area (TPSA) is 41.1 Å². The van der Waals surface area contributed by atoms with Crippen LogP contribution in [0.1, 0.15) is 16.1 Å². The molecule has 3 nitrogen and oxygen atoms in total. The summed E-state index contributed by atoms with van der Waals surface area (Å²) in [6.07, 6.45) is 3.09. The molecule has 1 aliphatic rings. The molecule has 0 radical (unpaired) electrons. The molecule has 6 heteroatoms. The van der Waals surface area contributed by atoms with Crippen LogP contribution in [0.15, 0.2) is 29.8 Å². The number of rotatable bonds is 3. The smallest absolute Gasteiger partial charge is 0.263 e. The Balaban J connectivity index is 1.78. The zero-order chi connectivity index (χ0) is 14.8. The van der Waals surface area contributed by atoms with Crippen LogP contribution in [0, 0.1) is 0 Å². The first-order valence-electron chi connectivity index (χ1n) is 6.69. The summed E-state index contributed by atoms with van der Waals surface area (Å²) in [6, 6.07) is 5.46. The van der Waals surface area contributed by atoms with Gasteiger partial charge in [0, 0.05) is 28.2 Å². The van der Waals surface area contributed by atoms with Gasteiger partial charge in [0.1, 0.15) is 4.88 Å². The van der Waals surface area contributed by atoms with Crippen LogP contribution >= 0.6 is 34.5 Å². The molecule has 0 atom stereocenters. The molecule has 0 saturated heterocycles. The van der Waals surface area contributed by atoms with Gasteiger partial charge in [0.15, 0.2) is 0 Å². The Morgan fingerprint density at radius 3 is 3.00 bits per heavy atom. The third-order valence-electron chi connectivity index (χ3n) is 3.43. The van der Waals surface area contributed by atoms with Gasteiger partial charge in [-0.25, -0.2) is 0 Å². The summed E-state index contributed by atoms with van der Waals surface area (Å²) in [7, 11) is 0. The van der Waals surface area contributed by atoms with Crippen molar-refractivity contribution in [2.75, 3.05) is 19.6 Å². The van der Waals surface area contributed by atoms with Gasteiger partial charge >= 0.3 is 0 Å². The van der Waals surface area contributed by atoms with E-state index in [0.717, 1.165) is 29.6 Å². The van der Waals surface area contributed by atoms with E-state index in [1.807, 2.05) is 12.1 Å². The van der Waals surface area contributed by atoms with E-state index in [2.05, 4.69) is 16.7 Å². The standard InChI is InChI=1S/C15H14Cl2N2OS/c16-10-1-2-11-12(7-10)21-14(13(11)17)15(20)19-8-9-3-5-18-6-4-9/h1-3,7,18H,4-6,8H2,(H,19,20). The first kappa shape index (κ1) is 14.9. The second-order valence-corrected chi connectivity index (χ2v) is 6.75. The van der Waals surface area contributed by atoms with E-state index in [9.17, 15) is 4.79 Å². The number of thiophene rings is 1. The summed E-state index contributed by atoms with van der Waals surface area (Å²) < 4.78 is 0.929. The van der Waals surface area contributed by atoms with Crippen molar-refractivity contribution in [2.45, 2.75) is 6.42 Å². The number of hydrogen-bond donors (Lipinski definition) is 2. The molecule has 2 heterocycles. The third kappa shape index (κ3) is 3.24. The quantitative estimate of drug-likeness (QED) is 0.833. The van der Waals surface area contributed by atoms with Crippen LogP contribution in [0.4, 0.5) is 0 Å². The maximum Gasteiger partial charge on any atom is 0.263 e.